The Morgan fingerprint density at radius 1 is 0.726 bits per heavy atom. The number of likely N-dealkylation sites (tertiary alicyclic amines) is 2. The van der Waals surface area contributed by atoms with E-state index in [4.69, 9.17) is 0 Å². The third-order valence-electron chi connectivity index (χ3n) is 15.1. The number of carbonyl (C=O) groups excluding carboxylic acids is 5. The highest BCUT2D eigenvalue weighted by Crippen LogP contribution is 2.29. The molecule has 4 aliphatic heterocycles. The Labute approximate surface area is 425 Å². The van der Waals surface area contributed by atoms with Crippen LogP contribution in [0.2, 0.25) is 0 Å². The van der Waals surface area contributed by atoms with Crippen LogP contribution in [0, 0.1) is 17.7 Å². The van der Waals surface area contributed by atoms with E-state index < -0.39 is 11.7 Å². The van der Waals surface area contributed by atoms with E-state index in [1.165, 1.54) is 11.6 Å². The molecule has 6 heterocycles. The van der Waals surface area contributed by atoms with Crippen LogP contribution in [-0.2, 0) is 27.2 Å². The summed E-state index contributed by atoms with van der Waals surface area (Å²) in [5.41, 5.74) is 4.52. The fourth-order valence-electron chi connectivity index (χ4n) is 10.6. The number of halogens is 1. The lowest BCUT2D eigenvalue weighted by Crippen LogP contribution is -2.55. The van der Waals surface area contributed by atoms with Gasteiger partial charge in [0.2, 0.25) is 17.7 Å². The zero-order valence-electron chi connectivity index (χ0n) is 41.9. The second-order valence-electron chi connectivity index (χ2n) is 20.0. The number of hydrogen-bond donors (Lipinski definition) is 3. The quantitative estimate of drug-likeness (QED) is 0.137. The number of aromatic amines is 1. The van der Waals surface area contributed by atoms with Crippen molar-refractivity contribution < 1.29 is 28.4 Å². The number of benzene rings is 3. The number of amides is 5. The number of fused-ring (bicyclic) bond motifs is 1. The summed E-state index contributed by atoms with van der Waals surface area (Å²) in [6.45, 7) is 10.3. The molecule has 3 N–H and O–H groups in total. The summed E-state index contributed by atoms with van der Waals surface area (Å²) >= 11 is 0. The van der Waals surface area contributed by atoms with Gasteiger partial charge in [0.05, 0.1) is 35.4 Å². The summed E-state index contributed by atoms with van der Waals surface area (Å²) in [6.07, 6.45) is 5.91. The van der Waals surface area contributed by atoms with Gasteiger partial charge in [-0.2, -0.15) is 5.10 Å². The Morgan fingerprint density at radius 2 is 1.44 bits per heavy atom. The Kier molecular flexibility index (Phi) is 16.3. The molecule has 9 rings (SSSR count). The largest absolute Gasteiger partial charge is 0.346 e. The van der Waals surface area contributed by atoms with E-state index in [0.717, 1.165) is 69.5 Å². The Morgan fingerprint density at radius 3 is 2.19 bits per heavy atom. The Bertz CT molecular complexity index is 2890. The van der Waals surface area contributed by atoms with Crippen molar-refractivity contribution in [3.05, 3.63) is 123 Å². The molecule has 4 saturated heterocycles. The minimum Gasteiger partial charge on any atom is -0.346 e. The van der Waals surface area contributed by atoms with Crippen LogP contribution < -0.4 is 16.2 Å². The molecule has 0 radical (unpaired) electrons. The summed E-state index contributed by atoms with van der Waals surface area (Å²) < 4.78 is 15.1. The first-order chi connectivity index (χ1) is 35.4. The first-order valence-corrected chi connectivity index (χ1v) is 25.8. The minimum atomic E-state index is -0.614. The molecule has 2 aromatic heterocycles. The van der Waals surface area contributed by atoms with Crippen molar-refractivity contribution in [2.24, 2.45) is 11.8 Å². The monoisotopic (exact) mass is 996 g/mol. The third-order valence-corrected chi connectivity index (χ3v) is 15.1. The Balaban J connectivity index is 0.718. The number of carbonyl (C=O) groups is 5. The zero-order chi connectivity index (χ0) is 51.0. The average molecular weight is 996 g/mol. The summed E-state index contributed by atoms with van der Waals surface area (Å²) in [6, 6.07) is 21.6. The standard InChI is InChI=1S/C55H66FN11O6/c1-3-37-7-6-8-41(27-37)42-31-48(59-49(68)34-57-32-40-13-16-62(2)50(69)30-40)52(58-33-42)55(73)66-17-14-38(15-18-66)35-63-19-21-64(22-20-63)36-51(70)65-23-25-67(26-24-65)54(72)45-28-39(11-12-46(45)56)29-47-43-9-4-5-10-44(43)53(71)61-60-47/h4-12,27-28,31,33,38,40,57H,3,13-26,29-30,32,34-36H2,1-2H3,(H,59,68)(H,61,71)/t40-/m1/s1. The molecule has 4 aliphatic rings. The number of nitrogens with one attached hydrogen (secondary N) is 3. The molecule has 384 valence electrons. The van der Waals surface area contributed by atoms with Crippen molar-refractivity contribution >= 4 is 46.0 Å². The number of pyridine rings is 1. The third kappa shape index (κ3) is 12.5. The second-order valence-corrected chi connectivity index (χ2v) is 20.0. The van der Waals surface area contributed by atoms with Crippen LogP contribution in [0.4, 0.5) is 10.1 Å². The van der Waals surface area contributed by atoms with Crippen LogP contribution >= 0.6 is 0 Å². The highest BCUT2D eigenvalue weighted by atomic mass is 19.1. The van der Waals surface area contributed by atoms with E-state index in [9.17, 15) is 28.8 Å². The molecular weight excluding hydrogens is 930 g/mol. The highest BCUT2D eigenvalue weighted by molar-refractivity contribution is 6.03. The van der Waals surface area contributed by atoms with Crippen molar-refractivity contribution in [3.63, 3.8) is 0 Å². The first kappa shape index (κ1) is 51.0. The lowest BCUT2D eigenvalue weighted by atomic mass is 9.95. The van der Waals surface area contributed by atoms with Crippen molar-refractivity contribution in [1.29, 1.82) is 0 Å². The van der Waals surface area contributed by atoms with Crippen LogP contribution in [0.5, 0.6) is 0 Å². The molecule has 3 aromatic carbocycles. The maximum absolute atomic E-state index is 15.1. The Hall–Kier alpha value is -6.89. The molecule has 17 nitrogen and oxygen atoms in total. The summed E-state index contributed by atoms with van der Waals surface area (Å²) in [4.78, 5) is 95.3. The zero-order valence-corrected chi connectivity index (χ0v) is 41.9. The van der Waals surface area contributed by atoms with Gasteiger partial charge in [-0.05, 0) is 85.0 Å². The highest BCUT2D eigenvalue weighted by Gasteiger charge is 2.32. The molecule has 0 saturated carbocycles. The SMILES string of the molecule is CCc1cccc(-c2cnc(C(=O)N3CCC(CN4CCN(CC(=O)N5CCN(C(=O)c6cc(Cc7n[nH]c(=O)c8ccccc78)ccc6F)CC5)CC4)CC3)c(NC(=O)CNC[C@@H]3CCN(C)C(=O)C3)c2)c1. The predicted octanol–water partition coefficient (Wildman–Crippen LogP) is 4.13. The summed E-state index contributed by atoms with van der Waals surface area (Å²) in [5, 5.41) is 14.2. The lowest BCUT2D eigenvalue weighted by Gasteiger charge is -2.40. The number of piperazine rings is 2. The van der Waals surface area contributed by atoms with Crippen molar-refractivity contribution in [1.82, 2.24) is 49.9 Å². The maximum atomic E-state index is 15.1. The van der Waals surface area contributed by atoms with Gasteiger partial charge in [0.25, 0.3) is 17.4 Å². The number of H-pyrrole nitrogens is 1. The van der Waals surface area contributed by atoms with Gasteiger partial charge >= 0.3 is 0 Å². The smallest absolute Gasteiger partial charge is 0.274 e. The van der Waals surface area contributed by atoms with E-state index in [1.807, 2.05) is 42.3 Å². The molecule has 5 amide bonds. The molecule has 5 aromatic rings. The van der Waals surface area contributed by atoms with Gasteiger partial charge in [-0.3, -0.25) is 33.7 Å². The van der Waals surface area contributed by atoms with Crippen LogP contribution in [0.3, 0.4) is 0 Å². The van der Waals surface area contributed by atoms with E-state index in [1.54, 1.807) is 45.2 Å². The lowest BCUT2D eigenvalue weighted by molar-refractivity contribution is -0.134. The number of hydrogen-bond acceptors (Lipinski definition) is 11. The minimum absolute atomic E-state index is 0.0161. The van der Waals surface area contributed by atoms with Crippen LogP contribution in [0.25, 0.3) is 21.9 Å². The molecule has 73 heavy (non-hydrogen) atoms. The maximum Gasteiger partial charge on any atom is 0.274 e. The number of rotatable bonds is 15. The molecule has 0 aliphatic carbocycles. The predicted molar refractivity (Wildman–Crippen MR) is 276 cm³/mol. The van der Waals surface area contributed by atoms with Gasteiger partial charge < -0.3 is 35.1 Å². The summed E-state index contributed by atoms with van der Waals surface area (Å²) in [7, 11) is 1.81. The summed E-state index contributed by atoms with van der Waals surface area (Å²) in [5.74, 6) is -0.814. The normalized spacial score (nSPS) is 18.3. The van der Waals surface area contributed by atoms with Gasteiger partial charge in [-0.25, -0.2) is 14.5 Å². The molecular formula is C55H66FN11O6. The molecule has 18 heteroatoms. The van der Waals surface area contributed by atoms with E-state index >= 15 is 4.39 Å². The number of aryl methyl sites for hydroxylation is 1. The molecule has 4 fully saturated rings. The van der Waals surface area contributed by atoms with Gasteiger partial charge in [0.1, 0.15) is 5.82 Å². The molecule has 0 bridgehead atoms. The number of piperidine rings is 2. The van der Waals surface area contributed by atoms with E-state index in [0.29, 0.717) is 105 Å². The van der Waals surface area contributed by atoms with Crippen LogP contribution in [-0.4, -0.2) is 179 Å². The second kappa shape index (κ2) is 23.3. The fraction of sp³-hybridized carbons (Fsp3) is 0.455. The number of anilines is 1. The van der Waals surface area contributed by atoms with Gasteiger partial charge in [0, 0.05) is 116 Å². The first-order valence-electron chi connectivity index (χ1n) is 25.8. The van der Waals surface area contributed by atoms with Gasteiger partial charge in [0.15, 0.2) is 5.69 Å². The van der Waals surface area contributed by atoms with E-state index in [-0.39, 0.29) is 52.9 Å². The van der Waals surface area contributed by atoms with Crippen molar-refractivity contribution in [2.45, 2.75) is 45.4 Å². The molecule has 0 spiro atoms. The molecule has 1 atom stereocenters. The van der Waals surface area contributed by atoms with Crippen LogP contribution in [0.1, 0.15) is 70.3 Å². The number of nitrogens with zero attached hydrogens (tertiary/aromatic N) is 8. The number of aromatic nitrogens is 3. The van der Waals surface area contributed by atoms with Crippen LogP contribution in [0.15, 0.2) is 83.8 Å². The fourth-order valence-corrected chi connectivity index (χ4v) is 10.6. The molecule has 0 unspecified atom stereocenters. The van der Waals surface area contributed by atoms with Crippen molar-refractivity contribution in [3.8, 4) is 11.1 Å². The van der Waals surface area contributed by atoms with Crippen molar-refractivity contribution in [2.75, 3.05) is 111 Å². The average Bonchev–Trinajstić information content (AvgIpc) is 3.41. The topological polar surface area (TPSA) is 187 Å². The van der Waals surface area contributed by atoms with E-state index in [2.05, 4.69) is 54.7 Å². The van der Waals surface area contributed by atoms with Gasteiger partial charge in [-0.1, -0.05) is 55.5 Å². The van der Waals surface area contributed by atoms with Gasteiger partial charge in [-0.15, -0.1) is 0 Å².